The predicted octanol–water partition coefficient (Wildman–Crippen LogP) is 3.33. The SMILES string of the molecule is O=C1CC(c2ccccc2)OC(=O)C1=C1SCCCS1. The van der Waals surface area contributed by atoms with Crippen molar-refractivity contribution in [1.82, 2.24) is 0 Å². The number of benzene rings is 1. The topological polar surface area (TPSA) is 43.4 Å². The van der Waals surface area contributed by atoms with E-state index in [1.807, 2.05) is 30.3 Å². The molecule has 2 aliphatic rings. The standard InChI is InChI=1S/C15H14O3S2/c16-11-9-12(10-5-2-1-3-6-10)18-14(17)13(11)15-19-7-4-8-20-15/h1-3,5-6,12H,4,7-9H2. The van der Waals surface area contributed by atoms with E-state index in [0.717, 1.165) is 27.7 Å². The Hall–Kier alpha value is -1.20. The Bertz CT molecular complexity index is 538. The van der Waals surface area contributed by atoms with Gasteiger partial charge in [0.05, 0.1) is 10.7 Å². The molecule has 20 heavy (non-hydrogen) atoms. The van der Waals surface area contributed by atoms with Gasteiger partial charge in [-0.15, -0.1) is 23.5 Å². The lowest BCUT2D eigenvalue weighted by Crippen LogP contribution is -2.28. The van der Waals surface area contributed by atoms with Crippen LogP contribution in [0.15, 0.2) is 40.1 Å². The van der Waals surface area contributed by atoms with Crippen LogP contribution in [0.5, 0.6) is 0 Å². The van der Waals surface area contributed by atoms with Crippen LogP contribution in [0.4, 0.5) is 0 Å². The van der Waals surface area contributed by atoms with E-state index in [-0.39, 0.29) is 17.8 Å². The molecule has 1 atom stereocenters. The summed E-state index contributed by atoms with van der Waals surface area (Å²) >= 11 is 3.19. The predicted molar refractivity (Wildman–Crippen MR) is 81.5 cm³/mol. The third-order valence-corrected chi connectivity index (χ3v) is 5.86. The lowest BCUT2D eigenvalue weighted by atomic mass is 9.98. The highest BCUT2D eigenvalue weighted by Crippen LogP contribution is 2.40. The Morgan fingerprint density at radius 3 is 2.40 bits per heavy atom. The number of hydrogen-bond acceptors (Lipinski definition) is 5. The largest absolute Gasteiger partial charge is 0.453 e. The first-order chi connectivity index (χ1) is 9.75. The van der Waals surface area contributed by atoms with Crippen LogP contribution >= 0.6 is 23.5 Å². The number of carbonyl (C=O) groups excluding carboxylic acids is 2. The molecule has 2 heterocycles. The van der Waals surface area contributed by atoms with Gasteiger partial charge in [0.2, 0.25) is 0 Å². The van der Waals surface area contributed by atoms with Crippen LogP contribution in [-0.4, -0.2) is 23.3 Å². The molecule has 0 aliphatic carbocycles. The number of ketones is 1. The molecule has 1 aromatic carbocycles. The minimum atomic E-state index is -0.466. The fourth-order valence-electron chi connectivity index (χ4n) is 2.24. The first-order valence-corrected chi connectivity index (χ1v) is 8.52. The molecule has 104 valence electrons. The Labute approximate surface area is 126 Å². The second-order valence-electron chi connectivity index (χ2n) is 4.64. The maximum Gasteiger partial charge on any atom is 0.344 e. The molecule has 0 radical (unpaired) electrons. The van der Waals surface area contributed by atoms with E-state index < -0.39 is 12.1 Å². The molecule has 0 saturated carbocycles. The zero-order valence-corrected chi connectivity index (χ0v) is 12.5. The van der Waals surface area contributed by atoms with E-state index in [4.69, 9.17) is 4.74 Å². The van der Waals surface area contributed by atoms with Crippen LogP contribution in [-0.2, 0) is 14.3 Å². The van der Waals surface area contributed by atoms with Crippen LogP contribution in [0.25, 0.3) is 0 Å². The number of ether oxygens (including phenoxy) is 1. The van der Waals surface area contributed by atoms with Crippen molar-refractivity contribution < 1.29 is 14.3 Å². The monoisotopic (exact) mass is 306 g/mol. The van der Waals surface area contributed by atoms with Gasteiger partial charge in [-0.05, 0) is 23.5 Å². The van der Waals surface area contributed by atoms with Crippen molar-refractivity contribution in [2.75, 3.05) is 11.5 Å². The number of cyclic esters (lactones) is 1. The molecule has 3 rings (SSSR count). The van der Waals surface area contributed by atoms with Crippen molar-refractivity contribution in [2.24, 2.45) is 0 Å². The van der Waals surface area contributed by atoms with Crippen LogP contribution in [0.2, 0.25) is 0 Å². The summed E-state index contributed by atoms with van der Waals surface area (Å²) in [4.78, 5) is 24.5. The molecule has 5 heteroatoms. The molecule has 2 saturated heterocycles. The van der Waals surface area contributed by atoms with Gasteiger partial charge in [-0.25, -0.2) is 4.79 Å². The van der Waals surface area contributed by atoms with E-state index >= 15 is 0 Å². The maximum atomic E-state index is 12.3. The zero-order chi connectivity index (χ0) is 13.9. The van der Waals surface area contributed by atoms with E-state index in [9.17, 15) is 9.59 Å². The van der Waals surface area contributed by atoms with Gasteiger partial charge in [-0.1, -0.05) is 30.3 Å². The van der Waals surface area contributed by atoms with Gasteiger partial charge in [0.25, 0.3) is 0 Å². The Morgan fingerprint density at radius 2 is 1.75 bits per heavy atom. The van der Waals surface area contributed by atoms with E-state index in [1.165, 1.54) is 0 Å². The van der Waals surface area contributed by atoms with Gasteiger partial charge in [0.15, 0.2) is 5.78 Å². The first kappa shape index (κ1) is 13.8. The molecule has 2 aliphatic heterocycles. The third-order valence-electron chi connectivity index (χ3n) is 3.23. The minimum absolute atomic E-state index is 0.0907. The second-order valence-corrected chi connectivity index (χ2v) is 7.11. The maximum absolute atomic E-state index is 12.3. The van der Waals surface area contributed by atoms with Crippen LogP contribution in [0.3, 0.4) is 0 Å². The first-order valence-electron chi connectivity index (χ1n) is 6.54. The highest BCUT2D eigenvalue weighted by atomic mass is 32.2. The molecule has 0 aromatic heterocycles. The van der Waals surface area contributed by atoms with Gasteiger partial charge >= 0.3 is 5.97 Å². The van der Waals surface area contributed by atoms with Gasteiger partial charge in [-0.2, -0.15) is 0 Å². The molecular formula is C15H14O3S2. The fourth-order valence-corrected chi connectivity index (χ4v) is 4.89. The number of rotatable bonds is 1. The smallest absolute Gasteiger partial charge is 0.344 e. The number of thioether (sulfide) groups is 2. The summed E-state index contributed by atoms with van der Waals surface area (Å²) in [5.41, 5.74) is 1.15. The van der Waals surface area contributed by atoms with Gasteiger partial charge in [0.1, 0.15) is 11.7 Å². The second kappa shape index (κ2) is 6.06. The van der Waals surface area contributed by atoms with Crippen molar-refractivity contribution >= 4 is 35.3 Å². The number of esters is 1. The summed E-state index contributed by atoms with van der Waals surface area (Å²) in [5, 5.41) is 0. The normalized spacial score (nSPS) is 23.7. The average Bonchev–Trinajstić information content (AvgIpc) is 2.48. The van der Waals surface area contributed by atoms with Gasteiger partial charge < -0.3 is 4.74 Å². The summed E-state index contributed by atoms with van der Waals surface area (Å²) < 4.78 is 6.31. The van der Waals surface area contributed by atoms with Gasteiger partial charge in [-0.3, -0.25) is 4.79 Å². The van der Waals surface area contributed by atoms with Crippen LogP contribution in [0.1, 0.15) is 24.5 Å². The summed E-state index contributed by atoms with van der Waals surface area (Å²) in [6, 6.07) is 9.43. The van der Waals surface area contributed by atoms with Crippen molar-refractivity contribution in [2.45, 2.75) is 18.9 Å². The molecular weight excluding hydrogens is 292 g/mol. The summed E-state index contributed by atoms with van der Waals surface area (Å²) in [6.45, 7) is 0. The number of hydrogen-bond donors (Lipinski definition) is 0. The number of Topliss-reactive ketones (excluding diaryl/α,β-unsaturated/α-hetero) is 1. The Balaban J connectivity index is 1.84. The highest BCUT2D eigenvalue weighted by Gasteiger charge is 2.35. The lowest BCUT2D eigenvalue weighted by Gasteiger charge is -2.25. The van der Waals surface area contributed by atoms with Crippen molar-refractivity contribution in [3.63, 3.8) is 0 Å². The van der Waals surface area contributed by atoms with Crippen molar-refractivity contribution in [3.8, 4) is 0 Å². The Kier molecular flexibility index (Phi) is 4.17. The molecule has 0 amide bonds. The molecule has 1 unspecified atom stereocenters. The molecule has 3 nitrogen and oxygen atoms in total. The Morgan fingerprint density at radius 1 is 1.05 bits per heavy atom. The van der Waals surface area contributed by atoms with Crippen molar-refractivity contribution in [3.05, 3.63) is 45.7 Å². The van der Waals surface area contributed by atoms with Gasteiger partial charge in [0, 0.05) is 0 Å². The van der Waals surface area contributed by atoms with E-state index in [0.29, 0.717) is 0 Å². The quantitative estimate of drug-likeness (QED) is 0.452. The molecule has 2 fully saturated rings. The fraction of sp³-hybridized carbons (Fsp3) is 0.333. The average molecular weight is 306 g/mol. The third kappa shape index (κ3) is 2.79. The minimum Gasteiger partial charge on any atom is -0.453 e. The van der Waals surface area contributed by atoms with Crippen molar-refractivity contribution in [1.29, 1.82) is 0 Å². The van der Waals surface area contributed by atoms with Crippen LogP contribution < -0.4 is 0 Å². The summed E-state index contributed by atoms with van der Waals surface area (Å²) in [6.07, 6.45) is 0.914. The summed E-state index contributed by atoms with van der Waals surface area (Å²) in [5.74, 6) is 1.38. The molecule has 1 aromatic rings. The molecule has 0 N–H and O–H groups in total. The molecule has 0 bridgehead atoms. The highest BCUT2D eigenvalue weighted by molar-refractivity contribution is 8.22. The molecule has 0 spiro atoms. The van der Waals surface area contributed by atoms with E-state index in [2.05, 4.69) is 0 Å². The van der Waals surface area contributed by atoms with Crippen LogP contribution in [0, 0.1) is 0 Å². The van der Waals surface area contributed by atoms with E-state index in [1.54, 1.807) is 23.5 Å². The zero-order valence-electron chi connectivity index (χ0n) is 10.8. The number of carbonyl (C=O) groups is 2. The lowest BCUT2D eigenvalue weighted by molar-refractivity contribution is -0.151. The summed E-state index contributed by atoms with van der Waals surface area (Å²) in [7, 11) is 0.